The molecule has 2 aromatic heterocycles. The first-order valence-corrected chi connectivity index (χ1v) is 9.64. The molecule has 140 valence electrons. The highest BCUT2D eigenvalue weighted by Crippen LogP contribution is 2.40. The lowest BCUT2D eigenvalue weighted by atomic mass is 10.2. The maximum absolute atomic E-state index is 11.2. The molecule has 4 aromatic rings. The summed E-state index contributed by atoms with van der Waals surface area (Å²) in [5.74, 6) is 0.449. The van der Waals surface area contributed by atoms with Crippen molar-refractivity contribution in [2.75, 3.05) is 0 Å². The number of imidazole rings is 1. The first kappa shape index (κ1) is 18.5. The second-order valence-corrected chi connectivity index (χ2v) is 7.59. The predicted octanol–water partition coefficient (Wildman–Crippen LogP) is 4.61. The van der Waals surface area contributed by atoms with E-state index in [9.17, 15) is 15.0 Å². The summed E-state index contributed by atoms with van der Waals surface area (Å²) >= 11 is 6.37. The molecular formula is C19H12Br2N4O3. The van der Waals surface area contributed by atoms with Crippen molar-refractivity contribution in [1.29, 1.82) is 0 Å². The van der Waals surface area contributed by atoms with Crippen molar-refractivity contribution in [2.24, 2.45) is 4.99 Å². The molecule has 0 aliphatic rings. The number of benzene rings is 2. The lowest BCUT2D eigenvalue weighted by Gasteiger charge is -2.06. The van der Waals surface area contributed by atoms with Gasteiger partial charge in [0.25, 0.3) is 0 Å². The van der Waals surface area contributed by atoms with E-state index in [0.717, 1.165) is 11.1 Å². The van der Waals surface area contributed by atoms with Crippen LogP contribution < -0.4 is 5.56 Å². The predicted molar refractivity (Wildman–Crippen MR) is 115 cm³/mol. The number of hydrogen-bond donors (Lipinski definition) is 4. The van der Waals surface area contributed by atoms with Gasteiger partial charge in [0.15, 0.2) is 0 Å². The third-order valence-electron chi connectivity index (χ3n) is 4.07. The van der Waals surface area contributed by atoms with Gasteiger partial charge in [0.2, 0.25) is 5.56 Å². The number of nitrogens with zero attached hydrogens (tertiary/aromatic N) is 2. The number of aromatic nitrogens is 3. The monoisotopic (exact) mass is 502 g/mol. The van der Waals surface area contributed by atoms with Crippen LogP contribution in [0.5, 0.6) is 11.5 Å². The summed E-state index contributed by atoms with van der Waals surface area (Å²) in [5, 5.41) is 19.9. The number of halogens is 2. The number of hydrogen-bond acceptors (Lipinski definition) is 5. The third kappa shape index (κ3) is 3.46. The molecular weight excluding hydrogens is 492 g/mol. The van der Waals surface area contributed by atoms with Gasteiger partial charge in [0.1, 0.15) is 21.8 Å². The molecule has 2 heterocycles. The fourth-order valence-corrected chi connectivity index (χ4v) is 3.78. The molecule has 0 saturated carbocycles. The minimum atomic E-state index is -0.174. The number of H-pyrrole nitrogens is 2. The van der Waals surface area contributed by atoms with Crippen molar-refractivity contribution in [3.8, 4) is 22.9 Å². The zero-order chi connectivity index (χ0) is 19.8. The zero-order valence-corrected chi connectivity index (χ0v) is 17.2. The van der Waals surface area contributed by atoms with Crippen LogP contribution in [0.4, 0.5) is 5.69 Å². The van der Waals surface area contributed by atoms with E-state index in [-0.39, 0.29) is 21.5 Å². The number of fused-ring (bicyclic) bond motifs is 1. The van der Waals surface area contributed by atoms with Gasteiger partial charge in [-0.2, -0.15) is 0 Å². The topological polar surface area (TPSA) is 114 Å². The van der Waals surface area contributed by atoms with E-state index in [0.29, 0.717) is 27.1 Å². The number of aliphatic imine (C=N–C) groups is 1. The fourth-order valence-electron chi connectivity index (χ4n) is 2.63. The second-order valence-electron chi connectivity index (χ2n) is 5.95. The minimum absolute atomic E-state index is 0.0811. The summed E-state index contributed by atoms with van der Waals surface area (Å²) in [6.07, 6.45) is 3.10. The fraction of sp³-hybridized carbons (Fsp3) is 0. The van der Waals surface area contributed by atoms with Gasteiger partial charge in [0.05, 0.1) is 21.2 Å². The summed E-state index contributed by atoms with van der Waals surface area (Å²) in [7, 11) is 0. The van der Waals surface area contributed by atoms with E-state index in [1.165, 1.54) is 12.3 Å². The number of aromatic amines is 2. The Bertz CT molecular complexity index is 1270. The molecule has 4 N–H and O–H groups in total. The highest BCUT2D eigenvalue weighted by atomic mass is 79.9. The van der Waals surface area contributed by atoms with E-state index in [4.69, 9.17) is 0 Å². The Morgan fingerprint density at radius 2 is 1.89 bits per heavy atom. The second kappa shape index (κ2) is 7.25. The Hall–Kier alpha value is -2.91. The average molecular weight is 504 g/mol. The standard InChI is InChI=1S/C19H12Br2N4O3/c20-12-5-10(17(27)16(21)18(12)28)8-22-11-2-3-13-14(6-11)25-19(24-13)9-1-4-15(26)23-7-9/h1-8,27-28H,(H,23,26)(H,24,25)/b22-8+. The molecule has 7 nitrogen and oxygen atoms in total. The van der Waals surface area contributed by atoms with E-state index in [2.05, 4.69) is 51.8 Å². The zero-order valence-electron chi connectivity index (χ0n) is 14.1. The minimum Gasteiger partial charge on any atom is -0.506 e. The van der Waals surface area contributed by atoms with Crippen LogP contribution >= 0.6 is 31.9 Å². The number of aromatic hydroxyl groups is 2. The molecule has 9 heteroatoms. The van der Waals surface area contributed by atoms with Crippen LogP contribution in [0.15, 0.2) is 61.3 Å². The van der Waals surface area contributed by atoms with Crippen molar-refractivity contribution in [3.05, 3.63) is 67.5 Å². The van der Waals surface area contributed by atoms with Gasteiger partial charge in [-0.3, -0.25) is 9.79 Å². The molecule has 0 spiro atoms. The Balaban J connectivity index is 1.68. The SMILES string of the molecule is O=c1ccc(-c2nc3cc(/N=C/c4cc(Br)c(O)c(Br)c4O)ccc3[nH]2)c[nH]1. The van der Waals surface area contributed by atoms with E-state index in [1.807, 2.05) is 12.1 Å². The van der Waals surface area contributed by atoms with Crippen LogP contribution in [0.1, 0.15) is 5.56 Å². The highest BCUT2D eigenvalue weighted by Gasteiger charge is 2.13. The van der Waals surface area contributed by atoms with Gasteiger partial charge in [-0.15, -0.1) is 0 Å². The Morgan fingerprint density at radius 1 is 1.07 bits per heavy atom. The largest absolute Gasteiger partial charge is 0.506 e. The number of pyridine rings is 1. The molecule has 28 heavy (non-hydrogen) atoms. The Kier molecular flexibility index (Phi) is 4.78. The van der Waals surface area contributed by atoms with Gasteiger partial charge >= 0.3 is 0 Å². The van der Waals surface area contributed by atoms with Crippen LogP contribution in [0, 0.1) is 0 Å². The molecule has 0 fully saturated rings. The molecule has 4 rings (SSSR count). The van der Waals surface area contributed by atoms with Crippen LogP contribution in [-0.2, 0) is 0 Å². The number of nitrogens with one attached hydrogen (secondary N) is 2. The van der Waals surface area contributed by atoms with Crippen molar-refractivity contribution < 1.29 is 10.2 Å². The van der Waals surface area contributed by atoms with Crippen LogP contribution in [0.3, 0.4) is 0 Å². The van der Waals surface area contributed by atoms with E-state index in [1.54, 1.807) is 24.4 Å². The molecule has 0 aliphatic heterocycles. The lowest BCUT2D eigenvalue weighted by Crippen LogP contribution is -2.01. The van der Waals surface area contributed by atoms with Crippen molar-refractivity contribution in [1.82, 2.24) is 15.0 Å². The normalized spacial score (nSPS) is 11.5. The third-order valence-corrected chi connectivity index (χ3v) is 5.43. The Morgan fingerprint density at radius 3 is 2.64 bits per heavy atom. The summed E-state index contributed by atoms with van der Waals surface area (Å²) < 4.78 is 0.628. The highest BCUT2D eigenvalue weighted by molar-refractivity contribution is 9.11. The molecule has 0 unspecified atom stereocenters. The van der Waals surface area contributed by atoms with Gasteiger partial charge in [-0.05, 0) is 62.2 Å². The number of phenolic OH excluding ortho intramolecular Hbond substituents is 2. The van der Waals surface area contributed by atoms with Crippen molar-refractivity contribution >= 4 is 54.8 Å². The molecule has 0 saturated heterocycles. The molecule has 0 aliphatic carbocycles. The first-order chi connectivity index (χ1) is 13.4. The Labute approximate surface area is 175 Å². The molecule has 0 atom stereocenters. The van der Waals surface area contributed by atoms with Crippen LogP contribution in [0.25, 0.3) is 22.4 Å². The van der Waals surface area contributed by atoms with Crippen molar-refractivity contribution in [3.63, 3.8) is 0 Å². The molecule has 0 radical (unpaired) electrons. The average Bonchev–Trinajstić information content (AvgIpc) is 3.12. The van der Waals surface area contributed by atoms with Crippen LogP contribution in [0.2, 0.25) is 0 Å². The maximum Gasteiger partial charge on any atom is 0.247 e. The summed E-state index contributed by atoms with van der Waals surface area (Å²) in [4.78, 5) is 25.9. The lowest BCUT2D eigenvalue weighted by molar-refractivity contribution is 0.442. The summed E-state index contributed by atoms with van der Waals surface area (Å²) in [5.41, 5.74) is 3.22. The van der Waals surface area contributed by atoms with Crippen LogP contribution in [-0.4, -0.2) is 31.4 Å². The van der Waals surface area contributed by atoms with Gasteiger partial charge in [0, 0.05) is 29.6 Å². The van der Waals surface area contributed by atoms with Crippen molar-refractivity contribution in [2.45, 2.75) is 0 Å². The quantitative estimate of drug-likeness (QED) is 0.306. The smallest absolute Gasteiger partial charge is 0.247 e. The van der Waals surface area contributed by atoms with Gasteiger partial charge in [-0.25, -0.2) is 4.98 Å². The first-order valence-electron chi connectivity index (χ1n) is 8.05. The van der Waals surface area contributed by atoms with Gasteiger partial charge < -0.3 is 20.2 Å². The maximum atomic E-state index is 11.2. The molecule has 0 amide bonds. The summed E-state index contributed by atoms with van der Waals surface area (Å²) in [6, 6.07) is 10.2. The number of phenols is 2. The molecule has 2 aromatic carbocycles. The van der Waals surface area contributed by atoms with E-state index >= 15 is 0 Å². The summed E-state index contributed by atoms with van der Waals surface area (Å²) in [6.45, 7) is 0. The van der Waals surface area contributed by atoms with Gasteiger partial charge in [-0.1, -0.05) is 0 Å². The molecule has 0 bridgehead atoms. The number of rotatable bonds is 3. The van der Waals surface area contributed by atoms with E-state index < -0.39 is 0 Å².